The molecule has 0 radical (unpaired) electrons. The lowest BCUT2D eigenvalue weighted by Crippen LogP contribution is -2.36. The summed E-state index contributed by atoms with van der Waals surface area (Å²) >= 11 is 1.32. The molecule has 1 amide bonds. The lowest BCUT2D eigenvalue weighted by atomic mass is 10.1. The van der Waals surface area contributed by atoms with Crippen molar-refractivity contribution in [2.24, 2.45) is 5.84 Å². The number of nitrogens with two attached hydrogens (primary N) is 1. The zero-order chi connectivity index (χ0) is 13.0. The van der Waals surface area contributed by atoms with E-state index >= 15 is 0 Å². The second-order valence-corrected chi connectivity index (χ2v) is 5.19. The molecule has 2 heterocycles. The summed E-state index contributed by atoms with van der Waals surface area (Å²) in [6.07, 6.45) is 2.49. The van der Waals surface area contributed by atoms with Crippen molar-refractivity contribution in [3.63, 3.8) is 0 Å². The highest BCUT2D eigenvalue weighted by Gasteiger charge is 2.19. The first-order valence-electron chi connectivity index (χ1n) is 5.93. The summed E-state index contributed by atoms with van der Waals surface area (Å²) in [6, 6.07) is 0. The van der Waals surface area contributed by atoms with E-state index in [1.165, 1.54) is 11.3 Å². The molecule has 1 fully saturated rings. The van der Waals surface area contributed by atoms with Crippen LogP contribution in [-0.4, -0.2) is 42.1 Å². The Hall–Kier alpha value is -1.02. The average molecular weight is 270 g/mol. The Morgan fingerprint density at radius 2 is 2.39 bits per heavy atom. The first kappa shape index (κ1) is 13.4. The fourth-order valence-electron chi connectivity index (χ4n) is 2.08. The fourth-order valence-corrected chi connectivity index (χ4v) is 2.79. The number of hydrogen-bond acceptors (Lipinski definition) is 6. The predicted molar refractivity (Wildman–Crippen MR) is 69.1 cm³/mol. The van der Waals surface area contributed by atoms with E-state index in [9.17, 15) is 4.79 Å². The van der Waals surface area contributed by atoms with Gasteiger partial charge in [0.2, 0.25) is 0 Å². The molecule has 0 saturated carbocycles. The molecule has 1 aliphatic rings. The smallest absolute Gasteiger partial charge is 0.294 e. The Labute approximate surface area is 110 Å². The van der Waals surface area contributed by atoms with Gasteiger partial charge in [-0.05, 0) is 12.8 Å². The van der Waals surface area contributed by atoms with Gasteiger partial charge in [0.25, 0.3) is 5.91 Å². The van der Waals surface area contributed by atoms with Crippen LogP contribution in [0.15, 0.2) is 5.38 Å². The van der Waals surface area contributed by atoms with Gasteiger partial charge in [-0.1, -0.05) is 0 Å². The Kier molecular flexibility index (Phi) is 4.65. The highest BCUT2D eigenvalue weighted by Crippen LogP contribution is 2.17. The molecule has 0 unspecified atom stereocenters. The van der Waals surface area contributed by atoms with Crippen LogP contribution in [0.1, 0.15) is 28.3 Å². The van der Waals surface area contributed by atoms with Crippen LogP contribution in [-0.2, 0) is 11.3 Å². The molecule has 1 aromatic rings. The maximum absolute atomic E-state index is 11.3. The van der Waals surface area contributed by atoms with E-state index in [0.717, 1.165) is 38.2 Å². The van der Waals surface area contributed by atoms with Crippen molar-refractivity contribution in [3.05, 3.63) is 16.1 Å². The summed E-state index contributed by atoms with van der Waals surface area (Å²) in [5.41, 5.74) is 3.02. The number of amides is 1. The molecule has 6 nitrogen and oxygen atoms in total. The number of piperidine rings is 1. The molecule has 0 atom stereocenters. The third kappa shape index (κ3) is 3.26. The number of hydrogen-bond donors (Lipinski definition) is 2. The van der Waals surface area contributed by atoms with Crippen molar-refractivity contribution in [1.29, 1.82) is 0 Å². The topological polar surface area (TPSA) is 80.5 Å². The number of ether oxygens (including phenoxy) is 1. The average Bonchev–Trinajstić information content (AvgIpc) is 2.87. The zero-order valence-corrected chi connectivity index (χ0v) is 11.2. The number of aromatic nitrogens is 1. The van der Waals surface area contributed by atoms with Crippen LogP contribution in [0.25, 0.3) is 0 Å². The summed E-state index contributed by atoms with van der Waals surface area (Å²) in [7, 11) is 1.76. The molecule has 7 heteroatoms. The third-order valence-corrected chi connectivity index (χ3v) is 4.02. The Bertz CT molecular complexity index is 402. The van der Waals surface area contributed by atoms with E-state index in [1.54, 1.807) is 7.11 Å². The number of thiazole rings is 1. The van der Waals surface area contributed by atoms with Crippen molar-refractivity contribution < 1.29 is 9.53 Å². The quantitative estimate of drug-likeness (QED) is 0.469. The summed E-state index contributed by atoms with van der Waals surface area (Å²) in [6.45, 7) is 2.80. The Morgan fingerprint density at radius 3 is 3.00 bits per heavy atom. The van der Waals surface area contributed by atoms with E-state index < -0.39 is 0 Å². The van der Waals surface area contributed by atoms with Crippen molar-refractivity contribution >= 4 is 17.2 Å². The van der Waals surface area contributed by atoms with Gasteiger partial charge in [0.05, 0.1) is 11.8 Å². The molecule has 0 spiro atoms. The van der Waals surface area contributed by atoms with Gasteiger partial charge in [0.1, 0.15) is 0 Å². The molecule has 18 heavy (non-hydrogen) atoms. The number of hydrazine groups is 1. The van der Waals surface area contributed by atoms with Crippen molar-refractivity contribution in [3.8, 4) is 0 Å². The van der Waals surface area contributed by atoms with E-state index in [0.29, 0.717) is 11.1 Å². The second kappa shape index (κ2) is 6.24. The van der Waals surface area contributed by atoms with E-state index in [-0.39, 0.29) is 5.91 Å². The van der Waals surface area contributed by atoms with Crippen LogP contribution in [0.4, 0.5) is 0 Å². The number of nitrogens with one attached hydrogen (secondary N) is 1. The SMILES string of the molecule is COC1CCN(Cc2csc(C(=O)NN)n2)CC1. The number of methoxy groups -OCH3 is 1. The van der Waals surface area contributed by atoms with Gasteiger partial charge in [-0.25, -0.2) is 10.8 Å². The van der Waals surface area contributed by atoms with E-state index in [2.05, 4.69) is 15.3 Å². The standard InChI is InChI=1S/C11H18N4O2S/c1-17-9-2-4-15(5-3-9)6-8-7-18-11(13-8)10(16)14-12/h7,9H,2-6,12H2,1H3,(H,14,16). The largest absolute Gasteiger partial charge is 0.381 e. The van der Waals surface area contributed by atoms with Gasteiger partial charge in [-0.2, -0.15) is 0 Å². The minimum absolute atomic E-state index is 0.329. The van der Waals surface area contributed by atoms with Crippen LogP contribution in [0, 0.1) is 0 Å². The Morgan fingerprint density at radius 1 is 1.67 bits per heavy atom. The minimum Gasteiger partial charge on any atom is -0.381 e. The van der Waals surface area contributed by atoms with Crippen LogP contribution in [0.2, 0.25) is 0 Å². The highest BCUT2D eigenvalue weighted by molar-refractivity contribution is 7.11. The number of likely N-dealkylation sites (tertiary alicyclic amines) is 1. The van der Waals surface area contributed by atoms with Crippen molar-refractivity contribution in [2.75, 3.05) is 20.2 Å². The lowest BCUT2D eigenvalue weighted by molar-refractivity contribution is 0.0385. The lowest BCUT2D eigenvalue weighted by Gasteiger charge is -2.30. The van der Waals surface area contributed by atoms with Gasteiger partial charge >= 0.3 is 0 Å². The molecule has 1 aliphatic heterocycles. The van der Waals surface area contributed by atoms with Crippen molar-refractivity contribution in [2.45, 2.75) is 25.5 Å². The van der Waals surface area contributed by atoms with Gasteiger partial charge in [0.15, 0.2) is 5.01 Å². The molecular weight excluding hydrogens is 252 g/mol. The van der Waals surface area contributed by atoms with Crippen molar-refractivity contribution in [1.82, 2.24) is 15.3 Å². The van der Waals surface area contributed by atoms with E-state index in [1.807, 2.05) is 5.38 Å². The summed E-state index contributed by atoms with van der Waals surface area (Å²) < 4.78 is 5.33. The number of nitrogens with zero attached hydrogens (tertiary/aromatic N) is 2. The number of rotatable bonds is 4. The van der Waals surface area contributed by atoms with Crippen LogP contribution >= 0.6 is 11.3 Å². The third-order valence-electron chi connectivity index (χ3n) is 3.13. The normalized spacial score (nSPS) is 17.9. The molecule has 0 bridgehead atoms. The van der Waals surface area contributed by atoms with Crippen LogP contribution in [0.3, 0.4) is 0 Å². The molecule has 2 rings (SSSR count). The van der Waals surface area contributed by atoms with E-state index in [4.69, 9.17) is 10.6 Å². The minimum atomic E-state index is -0.329. The second-order valence-electron chi connectivity index (χ2n) is 4.33. The van der Waals surface area contributed by atoms with Crippen LogP contribution < -0.4 is 11.3 Å². The molecule has 0 aliphatic carbocycles. The molecular formula is C11H18N4O2S. The van der Waals surface area contributed by atoms with Gasteiger partial charge in [-0.15, -0.1) is 11.3 Å². The molecule has 1 aromatic heterocycles. The summed E-state index contributed by atoms with van der Waals surface area (Å²) in [5.74, 6) is 4.74. The van der Waals surface area contributed by atoms with Crippen LogP contribution in [0.5, 0.6) is 0 Å². The van der Waals surface area contributed by atoms with Gasteiger partial charge in [-0.3, -0.25) is 15.1 Å². The zero-order valence-electron chi connectivity index (χ0n) is 10.4. The summed E-state index contributed by atoms with van der Waals surface area (Å²) in [5, 5.41) is 2.33. The fraction of sp³-hybridized carbons (Fsp3) is 0.636. The molecule has 100 valence electrons. The maximum Gasteiger partial charge on any atom is 0.294 e. The summed E-state index contributed by atoms with van der Waals surface area (Å²) in [4.78, 5) is 17.9. The molecule has 3 N–H and O–H groups in total. The predicted octanol–water partition coefficient (Wildman–Crippen LogP) is 0.357. The number of nitrogen functional groups attached to an aromatic ring is 1. The van der Waals surface area contributed by atoms with Gasteiger partial charge < -0.3 is 4.74 Å². The first-order chi connectivity index (χ1) is 8.72. The molecule has 0 aromatic carbocycles. The maximum atomic E-state index is 11.3. The number of carbonyl (C=O) groups excluding carboxylic acids is 1. The highest BCUT2D eigenvalue weighted by atomic mass is 32.1. The number of carbonyl (C=O) groups is 1. The monoisotopic (exact) mass is 270 g/mol. The van der Waals surface area contributed by atoms with Gasteiger partial charge in [0, 0.05) is 32.1 Å². The first-order valence-corrected chi connectivity index (χ1v) is 6.81. The molecule has 1 saturated heterocycles. The Balaban J connectivity index is 1.86.